The average molecular weight is 323 g/mol. The summed E-state index contributed by atoms with van der Waals surface area (Å²) in [4.78, 5) is 4.65. The monoisotopic (exact) mass is 322 g/mol. The summed E-state index contributed by atoms with van der Waals surface area (Å²) in [6.07, 6.45) is 4.70. The van der Waals surface area contributed by atoms with E-state index in [2.05, 4.69) is 21.7 Å². The lowest BCUT2D eigenvalue weighted by atomic mass is 10.1. The standard InChI is InChI=1S/C19H15ClN2O/c1-13-10-16(22-8-2-3-9-22)12-17-19(13)23-18(21-17)11-14-4-6-15(20)7-5-14/h2-10,12H,11H2,1H3. The normalized spacial score (nSPS) is 11.2. The Kier molecular flexibility index (Phi) is 3.43. The van der Waals surface area contributed by atoms with Crippen molar-refractivity contribution in [3.05, 3.63) is 83.0 Å². The Bertz CT molecular complexity index is 953. The van der Waals surface area contributed by atoms with Crippen molar-refractivity contribution in [1.82, 2.24) is 9.55 Å². The topological polar surface area (TPSA) is 31.0 Å². The zero-order chi connectivity index (χ0) is 15.8. The molecule has 2 heterocycles. The first kappa shape index (κ1) is 14.1. The van der Waals surface area contributed by atoms with Crippen molar-refractivity contribution in [2.75, 3.05) is 0 Å². The quantitative estimate of drug-likeness (QED) is 0.521. The summed E-state index contributed by atoms with van der Waals surface area (Å²) in [7, 11) is 0. The second-order valence-electron chi connectivity index (χ2n) is 5.61. The summed E-state index contributed by atoms with van der Waals surface area (Å²) >= 11 is 5.92. The predicted molar refractivity (Wildman–Crippen MR) is 92.3 cm³/mol. The highest BCUT2D eigenvalue weighted by Gasteiger charge is 2.11. The van der Waals surface area contributed by atoms with E-state index in [9.17, 15) is 0 Å². The molecular formula is C19H15ClN2O. The molecule has 4 aromatic rings. The molecule has 2 aromatic carbocycles. The molecule has 0 fully saturated rings. The van der Waals surface area contributed by atoms with E-state index in [1.165, 1.54) is 0 Å². The SMILES string of the molecule is Cc1cc(-n2cccc2)cc2nc(Cc3ccc(Cl)cc3)oc12. The smallest absolute Gasteiger partial charge is 0.199 e. The van der Waals surface area contributed by atoms with Crippen LogP contribution in [0.4, 0.5) is 0 Å². The van der Waals surface area contributed by atoms with E-state index in [1.54, 1.807) is 0 Å². The number of hydrogen-bond donors (Lipinski definition) is 0. The van der Waals surface area contributed by atoms with Crippen LogP contribution >= 0.6 is 11.6 Å². The van der Waals surface area contributed by atoms with Gasteiger partial charge in [-0.05, 0) is 54.4 Å². The van der Waals surface area contributed by atoms with Crippen LogP contribution in [0.3, 0.4) is 0 Å². The minimum Gasteiger partial charge on any atom is -0.440 e. The Morgan fingerprint density at radius 3 is 2.57 bits per heavy atom. The minimum absolute atomic E-state index is 0.657. The van der Waals surface area contributed by atoms with Crippen LogP contribution in [0.25, 0.3) is 16.8 Å². The maximum Gasteiger partial charge on any atom is 0.199 e. The van der Waals surface area contributed by atoms with Crippen LogP contribution in [-0.2, 0) is 6.42 Å². The van der Waals surface area contributed by atoms with Gasteiger partial charge in [-0.2, -0.15) is 0 Å². The van der Waals surface area contributed by atoms with Gasteiger partial charge in [-0.3, -0.25) is 0 Å². The molecule has 3 nitrogen and oxygen atoms in total. The molecule has 0 radical (unpaired) electrons. The third-order valence-electron chi connectivity index (χ3n) is 3.88. The first-order chi connectivity index (χ1) is 11.2. The molecule has 2 aromatic heterocycles. The number of rotatable bonds is 3. The fraction of sp³-hybridized carbons (Fsp3) is 0.105. The molecule has 0 atom stereocenters. The molecule has 0 bridgehead atoms. The highest BCUT2D eigenvalue weighted by molar-refractivity contribution is 6.30. The van der Waals surface area contributed by atoms with Crippen LogP contribution in [0.2, 0.25) is 5.02 Å². The van der Waals surface area contributed by atoms with Crippen molar-refractivity contribution in [2.45, 2.75) is 13.3 Å². The van der Waals surface area contributed by atoms with Crippen LogP contribution in [0, 0.1) is 6.92 Å². The van der Waals surface area contributed by atoms with Crippen LogP contribution in [0.15, 0.2) is 65.3 Å². The van der Waals surface area contributed by atoms with E-state index in [0.717, 1.165) is 38.8 Å². The Balaban J connectivity index is 1.72. The Morgan fingerprint density at radius 1 is 1.09 bits per heavy atom. The second kappa shape index (κ2) is 5.60. The number of benzene rings is 2. The van der Waals surface area contributed by atoms with E-state index in [0.29, 0.717) is 6.42 Å². The number of halogens is 1. The van der Waals surface area contributed by atoms with Gasteiger partial charge in [0.2, 0.25) is 0 Å². The fourth-order valence-electron chi connectivity index (χ4n) is 2.74. The van der Waals surface area contributed by atoms with Crippen LogP contribution in [-0.4, -0.2) is 9.55 Å². The average Bonchev–Trinajstić information content (AvgIpc) is 3.19. The van der Waals surface area contributed by atoms with Crippen LogP contribution in [0.5, 0.6) is 0 Å². The largest absolute Gasteiger partial charge is 0.440 e. The maximum absolute atomic E-state index is 5.95. The van der Waals surface area contributed by atoms with Gasteiger partial charge in [0.1, 0.15) is 5.52 Å². The number of hydrogen-bond acceptors (Lipinski definition) is 2. The lowest BCUT2D eigenvalue weighted by Gasteiger charge is -2.03. The van der Waals surface area contributed by atoms with Gasteiger partial charge in [0, 0.05) is 29.5 Å². The molecule has 0 unspecified atom stereocenters. The summed E-state index contributed by atoms with van der Waals surface area (Å²) in [5.41, 5.74) is 5.04. The molecule has 0 aliphatic heterocycles. The van der Waals surface area contributed by atoms with E-state index >= 15 is 0 Å². The first-order valence-electron chi connectivity index (χ1n) is 7.47. The molecule has 0 saturated heterocycles. The molecule has 0 spiro atoms. The maximum atomic E-state index is 5.95. The number of oxazole rings is 1. The number of aromatic nitrogens is 2. The van der Waals surface area contributed by atoms with Gasteiger partial charge in [-0.25, -0.2) is 4.98 Å². The van der Waals surface area contributed by atoms with E-state index < -0.39 is 0 Å². The van der Waals surface area contributed by atoms with Gasteiger partial charge in [0.25, 0.3) is 0 Å². The molecule has 114 valence electrons. The zero-order valence-corrected chi connectivity index (χ0v) is 13.4. The van der Waals surface area contributed by atoms with Crippen molar-refractivity contribution in [3.63, 3.8) is 0 Å². The number of nitrogens with zero attached hydrogens (tertiary/aromatic N) is 2. The Labute approximate surface area is 139 Å². The van der Waals surface area contributed by atoms with Gasteiger partial charge in [0.15, 0.2) is 11.5 Å². The molecule has 0 saturated carbocycles. The van der Waals surface area contributed by atoms with Crippen molar-refractivity contribution < 1.29 is 4.42 Å². The molecule has 0 aliphatic rings. The van der Waals surface area contributed by atoms with Gasteiger partial charge in [-0.15, -0.1) is 0 Å². The lowest BCUT2D eigenvalue weighted by Crippen LogP contribution is -1.90. The molecule has 0 N–H and O–H groups in total. The Hall–Kier alpha value is -2.52. The summed E-state index contributed by atoms with van der Waals surface area (Å²) < 4.78 is 8.02. The van der Waals surface area contributed by atoms with Crippen LogP contribution < -0.4 is 0 Å². The number of fused-ring (bicyclic) bond motifs is 1. The number of aryl methyl sites for hydroxylation is 1. The summed E-state index contributed by atoms with van der Waals surface area (Å²) in [6.45, 7) is 2.05. The molecule has 23 heavy (non-hydrogen) atoms. The molecule has 4 heteroatoms. The van der Waals surface area contributed by atoms with Gasteiger partial charge >= 0.3 is 0 Å². The predicted octanol–water partition coefficient (Wildman–Crippen LogP) is 5.17. The van der Waals surface area contributed by atoms with Gasteiger partial charge in [0.05, 0.1) is 0 Å². The zero-order valence-electron chi connectivity index (χ0n) is 12.7. The summed E-state index contributed by atoms with van der Waals surface area (Å²) in [5, 5.41) is 0.735. The third kappa shape index (κ3) is 2.76. The van der Waals surface area contributed by atoms with Crippen LogP contribution in [0.1, 0.15) is 17.0 Å². The van der Waals surface area contributed by atoms with Crippen molar-refractivity contribution in [1.29, 1.82) is 0 Å². The lowest BCUT2D eigenvalue weighted by molar-refractivity contribution is 0.542. The van der Waals surface area contributed by atoms with Crippen molar-refractivity contribution in [3.8, 4) is 5.69 Å². The molecule has 0 aliphatic carbocycles. The van der Waals surface area contributed by atoms with E-state index in [4.69, 9.17) is 16.0 Å². The minimum atomic E-state index is 0.657. The Morgan fingerprint density at radius 2 is 1.83 bits per heavy atom. The third-order valence-corrected chi connectivity index (χ3v) is 4.13. The summed E-state index contributed by atoms with van der Waals surface area (Å²) in [6, 6.07) is 15.9. The molecule has 0 amide bonds. The first-order valence-corrected chi connectivity index (χ1v) is 7.85. The van der Waals surface area contributed by atoms with Gasteiger partial charge < -0.3 is 8.98 Å². The second-order valence-corrected chi connectivity index (χ2v) is 6.05. The summed E-state index contributed by atoms with van der Waals surface area (Å²) in [5.74, 6) is 0.718. The molecular weight excluding hydrogens is 308 g/mol. The highest BCUT2D eigenvalue weighted by Crippen LogP contribution is 2.25. The van der Waals surface area contributed by atoms with E-state index in [-0.39, 0.29) is 0 Å². The fourth-order valence-corrected chi connectivity index (χ4v) is 2.86. The van der Waals surface area contributed by atoms with E-state index in [1.807, 2.05) is 55.7 Å². The molecule has 4 rings (SSSR count). The van der Waals surface area contributed by atoms with Crippen molar-refractivity contribution >= 4 is 22.7 Å². The highest BCUT2D eigenvalue weighted by atomic mass is 35.5. The van der Waals surface area contributed by atoms with Crippen molar-refractivity contribution in [2.24, 2.45) is 0 Å². The van der Waals surface area contributed by atoms with Gasteiger partial charge in [-0.1, -0.05) is 23.7 Å².